The fourth-order valence-corrected chi connectivity index (χ4v) is 2.15. The van der Waals surface area contributed by atoms with E-state index in [9.17, 15) is 0 Å². The SMILES string of the molecule is COC(C)(C)CNc1cccc(-c2cnc3[nH]ccc3n2)c1. The van der Waals surface area contributed by atoms with Gasteiger partial charge in [0.05, 0.1) is 17.5 Å². The first kappa shape index (κ1) is 14.5. The van der Waals surface area contributed by atoms with Gasteiger partial charge in [-0.2, -0.15) is 0 Å². The van der Waals surface area contributed by atoms with E-state index >= 15 is 0 Å². The summed E-state index contributed by atoms with van der Waals surface area (Å²) < 4.78 is 5.43. The molecule has 5 nitrogen and oxygen atoms in total. The van der Waals surface area contributed by atoms with Crippen LogP contribution < -0.4 is 5.32 Å². The number of aromatic amines is 1. The fourth-order valence-electron chi connectivity index (χ4n) is 2.15. The zero-order valence-corrected chi connectivity index (χ0v) is 13.1. The Hall–Kier alpha value is -2.40. The van der Waals surface area contributed by atoms with Gasteiger partial charge in [-0.25, -0.2) is 9.97 Å². The zero-order valence-electron chi connectivity index (χ0n) is 13.1. The summed E-state index contributed by atoms with van der Waals surface area (Å²) in [5.74, 6) is 0. The standard InChI is InChI=1S/C17H20N4O/c1-17(2,22-3)11-20-13-6-4-5-12(9-13)15-10-19-16-14(21-15)7-8-18-16/h4-10,20H,11H2,1-3H3,(H,18,19). The molecular weight excluding hydrogens is 276 g/mol. The lowest BCUT2D eigenvalue weighted by atomic mass is 10.1. The van der Waals surface area contributed by atoms with Crippen molar-refractivity contribution in [2.75, 3.05) is 19.0 Å². The van der Waals surface area contributed by atoms with Gasteiger partial charge in [0, 0.05) is 31.1 Å². The Morgan fingerprint density at radius 3 is 2.95 bits per heavy atom. The molecule has 114 valence electrons. The number of benzene rings is 1. The number of nitrogens with zero attached hydrogens (tertiary/aromatic N) is 2. The first-order valence-electron chi connectivity index (χ1n) is 7.27. The van der Waals surface area contributed by atoms with Crippen LogP contribution in [0.2, 0.25) is 0 Å². The highest BCUT2D eigenvalue weighted by Crippen LogP contribution is 2.22. The maximum absolute atomic E-state index is 5.43. The third-order valence-electron chi connectivity index (χ3n) is 3.69. The highest BCUT2D eigenvalue weighted by atomic mass is 16.5. The Morgan fingerprint density at radius 1 is 1.27 bits per heavy atom. The van der Waals surface area contributed by atoms with E-state index in [1.807, 2.05) is 30.5 Å². The molecule has 0 unspecified atom stereocenters. The molecule has 0 aliphatic heterocycles. The molecule has 0 bridgehead atoms. The highest BCUT2D eigenvalue weighted by molar-refractivity contribution is 5.75. The van der Waals surface area contributed by atoms with Crippen LogP contribution in [0.25, 0.3) is 22.4 Å². The van der Waals surface area contributed by atoms with Gasteiger partial charge in [-0.1, -0.05) is 12.1 Å². The number of hydrogen-bond acceptors (Lipinski definition) is 4. The first-order valence-corrected chi connectivity index (χ1v) is 7.27. The molecular formula is C17H20N4O. The van der Waals surface area contributed by atoms with E-state index in [0.717, 1.165) is 34.7 Å². The second-order valence-corrected chi connectivity index (χ2v) is 5.86. The first-order chi connectivity index (χ1) is 10.6. The fraction of sp³-hybridized carbons (Fsp3) is 0.294. The molecule has 0 aliphatic carbocycles. The van der Waals surface area contributed by atoms with Gasteiger partial charge in [-0.3, -0.25) is 0 Å². The molecule has 0 atom stereocenters. The Kier molecular flexibility index (Phi) is 3.81. The van der Waals surface area contributed by atoms with E-state index < -0.39 is 0 Å². The van der Waals surface area contributed by atoms with Crippen molar-refractivity contribution in [2.45, 2.75) is 19.4 Å². The molecule has 3 rings (SSSR count). The van der Waals surface area contributed by atoms with E-state index in [4.69, 9.17) is 4.74 Å². The lowest BCUT2D eigenvalue weighted by molar-refractivity contribution is 0.0344. The molecule has 0 radical (unpaired) electrons. The topological polar surface area (TPSA) is 62.8 Å². The molecule has 0 amide bonds. The number of anilines is 1. The Labute approximate surface area is 129 Å². The van der Waals surface area contributed by atoms with Crippen LogP contribution in [0.4, 0.5) is 5.69 Å². The lowest BCUT2D eigenvalue weighted by Crippen LogP contribution is -2.32. The number of H-pyrrole nitrogens is 1. The number of methoxy groups -OCH3 is 1. The van der Waals surface area contributed by atoms with Crippen LogP contribution in [0.3, 0.4) is 0 Å². The maximum Gasteiger partial charge on any atom is 0.156 e. The summed E-state index contributed by atoms with van der Waals surface area (Å²) in [5.41, 5.74) is 4.41. The summed E-state index contributed by atoms with van der Waals surface area (Å²) in [6, 6.07) is 10.1. The minimum absolute atomic E-state index is 0.208. The van der Waals surface area contributed by atoms with Crippen molar-refractivity contribution >= 4 is 16.9 Å². The number of hydrogen-bond donors (Lipinski definition) is 2. The second kappa shape index (κ2) is 5.77. The highest BCUT2D eigenvalue weighted by Gasteiger charge is 2.15. The van der Waals surface area contributed by atoms with Crippen molar-refractivity contribution in [3.8, 4) is 11.3 Å². The molecule has 2 heterocycles. The van der Waals surface area contributed by atoms with Crippen LogP contribution in [-0.2, 0) is 4.74 Å². The minimum Gasteiger partial charge on any atom is -0.382 e. The number of ether oxygens (including phenoxy) is 1. The Bertz CT molecular complexity index is 779. The molecule has 0 spiro atoms. The van der Waals surface area contributed by atoms with Gasteiger partial charge >= 0.3 is 0 Å². The molecule has 3 aromatic rings. The number of nitrogens with one attached hydrogen (secondary N) is 2. The van der Waals surface area contributed by atoms with Gasteiger partial charge in [0.15, 0.2) is 5.65 Å². The van der Waals surface area contributed by atoms with E-state index in [2.05, 4.69) is 40.2 Å². The maximum atomic E-state index is 5.43. The second-order valence-electron chi connectivity index (χ2n) is 5.86. The number of fused-ring (bicyclic) bond motifs is 1. The average molecular weight is 296 g/mol. The smallest absolute Gasteiger partial charge is 0.156 e. The average Bonchev–Trinajstić information content (AvgIpc) is 3.01. The summed E-state index contributed by atoms with van der Waals surface area (Å²) in [6.07, 6.45) is 3.64. The summed E-state index contributed by atoms with van der Waals surface area (Å²) in [7, 11) is 1.72. The van der Waals surface area contributed by atoms with Gasteiger partial charge in [0.25, 0.3) is 0 Å². The largest absolute Gasteiger partial charge is 0.382 e. The summed E-state index contributed by atoms with van der Waals surface area (Å²) in [5, 5.41) is 3.40. The van der Waals surface area contributed by atoms with E-state index in [-0.39, 0.29) is 5.60 Å². The predicted octanol–water partition coefficient (Wildman–Crippen LogP) is 3.46. The summed E-state index contributed by atoms with van der Waals surface area (Å²) >= 11 is 0. The summed E-state index contributed by atoms with van der Waals surface area (Å²) in [6.45, 7) is 4.83. The van der Waals surface area contributed by atoms with Gasteiger partial charge in [0.1, 0.15) is 5.52 Å². The van der Waals surface area contributed by atoms with Gasteiger partial charge < -0.3 is 15.0 Å². The van der Waals surface area contributed by atoms with Crippen LogP contribution in [0.15, 0.2) is 42.7 Å². The Balaban J connectivity index is 1.84. The number of aromatic nitrogens is 3. The number of rotatable bonds is 5. The van der Waals surface area contributed by atoms with Crippen molar-refractivity contribution in [1.29, 1.82) is 0 Å². The van der Waals surface area contributed by atoms with Crippen LogP contribution in [0, 0.1) is 0 Å². The monoisotopic (exact) mass is 296 g/mol. The molecule has 5 heteroatoms. The van der Waals surface area contributed by atoms with E-state index in [0.29, 0.717) is 0 Å². The van der Waals surface area contributed by atoms with Gasteiger partial charge in [-0.15, -0.1) is 0 Å². The van der Waals surface area contributed by atoms with E-state index in [1.165, 1.54) is 0 Å². The van der Waals surface area contributed by atoms with Crippen LogP contribution in [0.5, 0.6) is 0 Å². The molecule has 0 saturated carbocycles. The van der Waals surface area contributed by atoms with Crippen LogP contribution in [0.1, 0.15) is 13.8 Å². The quantitative estimate of drug-likeness (QED) is 0.757. The van der Waals surface area contributed by atoms with E-state index in [1.54, 1.807) is 13.3 Å². The molecule has 0 aliphatic rings. The van der Waals surface area contributed by atoms with Crippen molar-refractivity contribution in [1.82, 2.24) is 15.0 Å². The lowest BCUT2D eigenvalue weighted by Gasteiger charge is -2.23. The zero-order chi connectivity index (χ0) is 15.6. The molecule has 1 aromatic carbocycles. The third-order valence-corrected chi connectivity index (χ3v) is 3.69. The molecule has 0 saturated heterocycles. The van der Waals surface area contributed by atoms with Crippen molar-refractivity contribution in [2.24, 2.45) is 0 Å². The van der Waals surface area contributed by atoms with Crippen molar-refractivity contribution in [3.63, 3.8) is 0 Å². The normalized spacial score (nSPS) is 11.8. The van der Waals surface area contributed by atoms with Crippen LogP contribution in [-0.4, -0.2) is 34.2 Å². The summed E-state index contributed by atoms with van der Waals surface area (Å²) in [4.78, 5) is 12.1. The van der Waals surface area contributed by atoms with Gasteiger partial charge in [0.2, 0.25) is 0 Å². The van der Waals surface area contributed by atoms with Crippen molar-refractivity contribution < 1.29 is 4.74 Å². The molecule has 2 aromatic heterocycles. The Morgan fingerprint density at radius 2 is 2.14 bits per heavy atom. The predicted molar refractivity (Wildman–Crippen MR) is 88.9 cm³/mol. The molecule has 22 heavy (non-hydrogen) atoms. The van der Waals surface area contributed by atoms with Crippen LogP contribution >= 0.6 is 0 Å². The van der Waals surface area contributed by atoms with Gasteiger partial charge in [-0.05, 0) is 32.0 Å². The minimum atomic E-state index is -0.208. The molecule has 0 fully saturated rings. The van der Waals surface area contributed by atoms with Crippen molar-refractivity contribution in [3.05, 3.63) is 42.7 Å². The third kappa shape index (κ3) is 3.09. The molecule has 2 N–H and O–H groups in total.